The van der Waals surface area contributed by atoms with Gasteiger partial charge in [0.1, 0.15) is 5.41 Å². The number of nitrogens with two attached hydrogens (primary N) is 1. The van der Waals surface area contributed by atoms with Crippen LogP contribution in [0.4, 0.5) is 8.78 Å². The SMILES string of the molecule is CC1CC(C(=O)NCc2ccc(F)c(F)c2)(/C(N)=N/O)C1. The summed E-state index contributed by atoms with van der Waals surface area (Å²) in [4.78, 5) is 12.3. The molecule has 4 N–H and O–H groups in total. The van der Waals surface area contributed by atoms with E-state index in [-0.39, 0.29) is 18.3 Å². The molecule has 0 bridgehead atoms. The predicted molar refractivity (Wildman–Crippen MR) is 72.4 cm³/mol. The van der Waals surface area contributed by atoms with E-state index in [4.69, 9.17) is 10.9 Å². The molecule has 7 heteroatoms. The molecule has 0 saturated heterocycles. The fraction of sp³-hybridized carbons (Fsp3) is 0.429. The third-order valence-corrected chi connectivity index (χ3v) is 3.86. The van der Waals surface area contributed by atoms with E-state index in [9.17, 15) is 13.6 Å². The zero-order chi connectivity index (χ0) is 15.6. The first-order chi connectivity index (χ1) is 9.89. The number of rotatable bonds is 4. The van der Waals surface area contributed by atoms with E-state index >= 15 is 0 Å². The van der Waals surface area contributed by atoms with Crippen LogP contribution in [0.5, 0.6) is 0 Å². The van der Waals surface area contributed by atoms with E-state index in [1.54, 1.807) is 0 Å². The van der Waals surface area contributed by atoms with Crippen molar-refractivity contribution in [1.29, 1.82) is 0 Å². The van der Waals surface area contributed by atoms with E-state index < -0.39 is 17.0 Å². The third-order valence-electron chi connectivity index (χ3n) is 3.86. The van der Waals surface area contributed by atoms with Crippen LogP contribution in [0.25, 0.3) is 0 Å². The van der Waals surface area contributed by atoms with Crippen molar-refractivity contribution >= 4 is 11.7 Å². The van der Waals surface area contributed by atoms with Crippen molar-refractivity contribution in [2.24, 2.45) is 22.2 Å². The lowest BCUT2D eigenvalue weighted by Gasteiger charge is -2.43. The number of amides is 1. The Bertz CT molecular complexity index is 584. The van der Waals surface area contributed by atoms with Gasteiger partial charge in [0.05, 0.1) is 0 Å². The van der Waals surface area contributed by atoms with E-state index in [2.05, 4.69) is 10.5 Å². The highest BCUT2D eigenvalue weighted by atomic mass is 19.2. The number of benzene rings is 1. The van der Waals surface area contributed by atoms with Crippen molar-refractivity contribution in [2.45, 2.75) is 26.3 Å². The van der Waals surface area contributed by atoms with Gasteiger partial charge in [0.25, 0.3) is 0 Å². The molecule has 1 amide bonds. The summed E-state index contributed by atoms with van der Waals surface area (Å²) < 4.78 is 25.9. The zero-order valence-electron chi connectivity index (χ0n) is 11.6. The summed E-state index contributed by atoms with van der Waals surface area (Å²) in [5.74, 6) is -2.10. The minimum absolute atomic E-state index is 0.0465. The molecule has 0 atom stereocenters. The highest BCUT2D eigenvalue weighted by Gasteiger charge is 2.52. The molecular weight excluding hydrogens is 280 g/mol. The summed E-state index contributed by atoms with van der Waals surface area (Å²) in [6.45, 7) is 2.01. The highest BCUT2D eigenvalue weighted by Crippen LogP contribution is 2.45. The molecule has 2 rings (SSSR count). The molecule has 0 radical (unpaired) electrons. The highest BCUT2D eigenvalue weighted by molar-refractivity contribution is 6.07. The molecule has 114 valence electrons. The molecule has 1 aliphatic carbocycles. The van der Waals surface area contributed by atoms with Crippen molar-refractivity contribution in [3.8, 4) is 0 Å². The monoisotopic (exact) mass is 297 g/mol. The number of oxime groups is 1. The van der Waals surface area contributed by atoms with Crippen molar-refractivity contribution in [3.63, 3.8) is 0 Å². The van der Waals surface area contributed by atoms with Gasteiger partial charge in [0.2, 0.25) is 5.91 Å². The lowest BCUT2D eigenvalue weighted by molar-refractivity contribution is -0.133. The lowest BCUT2D eigenvalue weighted by atomic mass is 9.61. The predicted octanol–water partition coefficient (Wildman–Crippen LogP) is 1.74. The molecule has 1 aromatic rings. The van der Waals surface area contributed by atoms with Crippen molar-refractivity contribution in [1.82, 2.24) is 5.32 Å². The largest absolute Gasteiger partial charge is 0.409 e. The van der Waals surface area contributed by atoms with E-state index in [0.717, 1.165) is 12.1 Å². The van der Waals surface area contributed by atoms with Gasteiger partial charge in [0, 0.05) is 6.54 Å². The number of carbonyl (C=O) groups is 1. The van der Waals surface area contributed by atoms with Gasteiger partial charge >= 0.3 is 0 Å². The molecule has 1 aliphatic rings. The van der Waals surface area contributed by atoms with Crippen LogP contribution in [0, 0.1) is 23.0 Å². The maximum Gasteiger partial charge on any atom is 0.234 e. The van der Waals surface area contributed by atoms with Gasteiger partial charge in [-0.05, 0) is 36.5 Å². The van der Waals surface area contributed by atoms with Crippen LogP contribution in [0.15, 0.2) is 23.4 Å². The Kier molecular flexibility index (Phi) is 4.11. The van der Waals surface area contributed by atoms with Crippen molar-refractivity contribution in [2.75, 3.05) is 0 Å². The Morgan fingerprint density at radius 3 is 2.67 bits per heavy atom. The number of carbonyl (C=O) groups excluding carboxylic acids is 1. The first-order valence-corrected chi connectivity index (χ1v) is 6.59. The van der Waals surface area contributed by atoms with Crippen LogP contribution in [-0.4, -0.2) is 17.0 Å². The van der Waals surface area contributed by atoms with Gasteiger partial charge in [0.15, 0.2) is 17.5 Å². The molecule has 1 aromatic carbocycles. The quantitative estimate of drug-likeness (QED) is 0.342. The molecule has 0 spiro atoms. The topological polar surface area (TPSA) is 87.7 Å². The molecule has 5 nitrogen and oxygen atoms in total. The second kappa shape index (κ2) is 5.67. The Balaban J connectivity index is 2.05. The Morgan fingerprint density at radius 1 is 1.48 bits per heavy atom. The molecule has 0 aromatic heterocycles. The number of hydrogen-bond acceptors (Lipinski definition) is 3. The number of halogens is 2. The summed E-state index contributed by atoms with van der Waals surface area (Å²) >= 11 is 0. The molecular formula is C14H17F2N3O2. The standard InChI is InChI=1S/C14H17F2N3O2/c1-8-5-14(6-8,12(17)19-21)13(20)18-7-9-2-3-10(15)11(16)4-9/h2-4,8,21H,5-7H2,1H3,(H2,17,19)(H,18,20). The van der Waals surface area contributed by atoms with Gasteiger partial charge in [-0.25, -0.2) is 8.78 Å². The molecule has 1 fully saturated rings. The maximum atomic E-state index is 13.1. The van der Waals surface area contributed by atoms with Crippen LogP contribution in [0.1, 0.15) is 25.3 Å². The zero-order valence-corrected chi connectivity index (χ0v) is 11.6. The fourth-order valence-electron chi connectivity index (χ4n) is 2.74. The molecule has 0 unspecified atom stereocenters. The number of hydrogen-bond donors (Lipinski definition) is 3. The van der Waals surface area contributed by atoms with Gasteiger partial charge < -0.3 is 16.3 Å². The molecule has 0 heterocycles. The van der Waals surface area contributed by atoms with E-state index in [1.807, 2.05) is 6.92 Å². The fourth-order valence-corrected chi connectivity index (χ4v) is 2.74. The number of amidine groups is 1. The van der Waals surface area contributed by atoms with Gasteiger partial charge in [-0.1, -0.05) is 18.1 Å². The summed E-state index contributed by atoms with van der Waals surface area (Å²) in [7, 11) is 0. The van der Waals surface area contributed by atoms with E-state index in [0.29, 0.717) is 24.3 Å². The maximum absolute atomic E-state index is 13.1. The van der Waals surface area contributed by atoms with Gasteiger partial charge in [-0.3, -0.25) is 4.79 Å². The minimum atomic E-state index is -1.01. The van der Waals surface area contributed by atoms with Crippen LogP contribution in [-0.2, 0) is 11.3 Å². The summed E-state index contributed by atoms with van der Waals surface area (Å²) in [6, 6.07) is 3.41. The van der Waals surface area contributed by atoms with Crippen LogP contribution in [0.3, 0.4) is 0 Å². The molecule has 1 saturated carbocycles. The normalized spacial score (nSPS) is 25.3. The molecule has 21 heavy (non-hydrogen) atoms. The van der Waals surface area contributed by atoms with Crippen LogP contribution >= 0.6 is 0 Å². The Morgan fingerprint density at radius 2 is 2.14 bits per heavy atom. The second-order valence-corrected chi connectivity index (χ2v) is 5.51. The number of nitrogens with zero attached hydrogens (tertiary/aromatic N) is 1. The minimum Gasteiger partial charge on any atom is -0.409 e. The smallest absolute Gasteiger partial charge is 0.234 e. The van der Waals surface area contributed by atoms with Gasteiger partial charge in [-0.15, -0.1) is 0 Å². The second-order valence-electron chi connectivity index (χ2n) is 5.51. The van der Waals surface area contributed by atoms with Crippen molar-refractivity contribution in [3.05, 3.63) is 35.4 Å². The number of nitrogens with one attached hydrogen (secondary N) is 1. The first kappa shape index (κ1) is 15.2. The van der Waals surface area contributed by atoms with Crippen molar-refractivity contribution < 1.29 is 18.8 Å². The average molecular weight is 297 g/mol. The first-order valence-electron chi connectivity index (χ1n) is 6.59. The average Bonchev–Trinajstić information content (AvgIpc) is 2.43. The summed E-state index contributed by atoms with van der Waals surface area (Å²) in [5, 5.41) is 14.4. The summed E-state index contributed by atoms with van der Waals surface area (Å²) in [6.07, 6.45) is 0.985. The van der Waals surface area contributed by atoms with Crippen LogP contribution < -0.4 is 11.1 Å². The van der Waals surface area contributed by atoms with E-state index in [1.165, 1.54) is 6.07 Å². The Hall–Kier alpha value is -2.18. The van der Waals surface area contributed by atoms with Gasteiger partial charge in [-0.2, -0.15) is 0 Å². The lowest BCUT2D eigenvalue weighted by Crippen LogP contribution is -2.56. The Labute approximate surface area is 120 Å². The third kappa shape index (κ3) is 2.81. The summed E-state index contributed by atoms with van der Waals surface area (Å²) in [5.41, 5.74) is 5.05. The molecule has 0 aliphatic heterocycles. The van der Waals surface area contributed by atoms with Crippen LogP contribution in [0.2, 0.25) is 0 Å².